The van der Waals surface area contributed by atoms with Crippen molar-refractivity contribution >= 4 is 58.9 Å². The zero-order valence-electron chi connectivity index (χ0n) is 37.5. The Morgan fingerprint density at radius 1 is 1.10 bits per heavy atom. The van der Waals surface area contributed by atoms with Crippen molar-refractivity contribution in [1.29, 1.82) is 0 Å². The number of thiazole rings is 1. The molecule has 61 heavy (non-hydrogen) atoms. The summed E-state index contributed by atoms with van der Waals surface area (Å²) in [6.07, 6.45) is 4.70. The number of nitrogens with one attached hydrogen (secondary N) is 3. The molecule has 1 aromatic carbocycles. The highest BCUT2D eigenvalue weighted by molar-refractivity contribution is 7.09. The Morgan fingerprint density at radius 3 is 2.44 bits per heavy atom. The molecule has 1 aliphatic heterocycles. The number of ketones is 1. The molecule has 16 heteroatoms. The van der Waals surface area contributed by atoms with E-state index in [-0.39, 0.29) is 73.3 Å². The number of Topliss-reactive ketones (excluding diaryl/α,β-unsaturated/α-hetero) is 1. The molecule has 0 radical (unpaired) electrons. The lowest BCUT2D eigenvalue weighted by Crippen LogP contribution is -2.48. The number of carboxylic acid groups (broad SMARTS) is 1. The number of nitrogens with zero attached hydrogens (tertiary/aromatic N) is 3. The van der Waals surface area contributed by atoms with Crippen LogP contribution in [0.4, 0.5) is 5.69 Å². The number of esters is 1. The summed E-state index contributed by atoms with van der Waals surface area (Å²) < 4.78 is 5.81. The van der Waals surface area contributed by atoms with Gasteiger partial charge in [-0.15, -0.1) is 11.3 Å². The first-order valence-corrected chi connectivity index (χ1v) is 22.5. The largest absolute Gasteiger partial charge is 0.481 e. The van der Waals surface area contributed by atoms with Crippen molar-refractivity contribution in [3.63, 3.8) is 0 Å². The molecule has 4 amide bonds. The quantitative estimate of drug-likeness (QED) is 0.0522. The molecule has 2 heterocycles. The van der Waals surface area contributed by atoms with Crippen LogP contribution in [-0.2, 0) is 39.9 Å². The zero-order valence-corrected chi connectivity index (χ0v) is 38.3. The minimum absolute atomic E-state index is 0.0327. The highest BCUT2D eigenvalue weighted by Crippen LogP contribution is 2.33. The fourth-order valence-corrected chi connectivity index (χ4v) is 8.77. The van der Waals surface area contributed by atoms with Crippen LogP contribution in [0.1, 0.15) is 132 Å². The number of aryl methyl sites for hydroxylation is 1. The number of benzene rings is 1. The number of ether oxygens (including phenoxy) is 1. The number of rotatable bonds is 25. The number of piperidine rings is 1. The second kappa shape index (κ2) is 24.7. The van der Waals surface area contributed by atoms with Gasteiger partial charge in [-0.05, 0) is 81.6 Å². The van der Waals surface area contributed by atoms with Gasteiger partial charge in [-0.1, -0.05) is 59.6 Å². The molecule has 0 aliphatic carbocycles. The standard InChI is InChI=1S/C45H68N6O9S/c1-10-28(4)34(23-39(54)37-14-11-12-19-50(37)8)44(57)51(9)38(27(2)3)24-40(60-31(7)53)43-49-36(25-61-43)42(56)47-33(20-30(6)45(58)59)21-32-17-16-29(5)35(22-32)48-41(55)15-13-18-46-26-52/h16-17,22,25-28,30,33-34,37-38,40H,10-15,18-21,23-24H2,1-9H3,(H,46,52)(H,47,56)(H,48,55)(H,58,59)/t28?,30?,33-,34+,37?,38-,40-/m1/s1. The van der Waals surface area contributed by atoms with Crippen LogP contribution in [0.15, 0.2) is 23.6 Å². The van der Waals surface area contributed by atoms with Gasteiger partial charge in [-0.2, -0.15) is 0 Å². The monoisotopic (exact) mass is 868 g/mol. The number of aromatic nitrogens is 1. The fraction of sp³-hybridized carbons (Fsp3) is 0.644. The normalized spacial score (nSPS) is 17.2. The van der Waals surface area contributed by atoms with Gasteiger partial charge >= 0.3 is 11.9 Å². The van der Waals surface area contributed by atoms with E-state index in [4.69, 9.17) is 4.74 Å². The Bertz CT molecular complexity index is 1820. The van der Waals surface area contributed by atoms with Crippen molar-refractivity contribution < 1.29 is 43.4 Å². The predicted molar refractivity (Wildman–Crippen MR) is 235 cm³/mol. The Labute approximate surface area is 365 Å². The molecular weight excluding hydrogens is 801 g/mol. The molecule has 2 aromatic rings. The van der Waals surface area contributed by atoms with Gasteiger partial charge in [0.25, 0.3) is 5.91 Å². The van der Waals surface area contributed by atoms with Gasteiger partial charge < -0.3 is 30.7 Å². The van der Waals surface area contributed by atoms with Crippen LogP contribution >= 0.6 is 11.3 Å². The van der Waals surface area contributed by atoms with Gasteiger partial charge in [0.1, 0.15) is 10.7 Å². The minimum atomic E-state index is -1.01. The van der Waals surface area contributed by atoms with Crippen LogP contribution in [-0.4, -0.2) is 107 Å². The number of aliphatic carboxylic acids is 1. The van der Waals surface area contributed by atoms with Gasteiger partial charge in [-0.25, -0.2) is 4.98 Å². The molecule has 1 fully saturated rings. The van der Waals surface area contributed by atoms with E-state index in [0.29, 0.717) is 30.1 Å². The molecule has 338 valence electrons. The van der Waals surface area contributed by atoms with E-state index in [1.54, 1.807) is 30.3 Å². The van der Waals surface area contributed by atoms with E-state index in [9.17, 15) is 38.7 Å². The van der Waals surface area contributed by atoms with Crippen LogP contribution in [0.25, 0.3) is 0 Å². The zero-order chi connectivity index (χ0) is 45.4. The number of likely N-dealkylation sites (N-methyl/N-ethyl adjacent to an activating group) is 1. The molecule has 4 N–H and O–H groups in total. The summed E-state index contributed by atoms with van der Waals surface area (Å²) in [6.45, 7) is 13.9. The number of likely N-dealkylation sites (tertiary alicyclic amines) is 1. The first-order chi connectivity index (χ1) is 28.9. The van der Waals surface area contributed by atoms with Crippen LogP contribution in [0, 0.1) is 30.6 Å². The summed E-state index contributed by atoms with van der Waals surface area (Å²) >= 11 is 1.15. The Hall–Kier alpha value is -4.70. The molecule has 1 aliphatic rings. The van der Waals surface area contributed by atoms with Crippen molar-refractivity contribution in [1.82, 2.24) is 25.4 Å². The van der Waals surface area contributed by atoms with E-state index >= 15 is 0 Å². The number of anilines is 1. The molecule has 1 saturated heterocycles. The maximum Gasteiger partial charge on any atom is 0.306 e. The Balaban J connectivity index is 1.82. The van der Waals surface area contributed by atoms with Crippen molar-refractivity contribution in [3.05, 3.63) is 45.4 Å². The van der Waals surface area contributed by atoms with Crippen molar-refractivity contribution in [2.45, 2.75) is 137 Å². The summed E-state index contributed by atoms with van der Waals surface area (Å²) in [4.78, 5) is 97.6. The van der Waals surface area contributed by atoms with Crippen molar-refractivity contribution in [2.24, 2.45) is 23.7 Å². The molecule has 7 atom stereocenters. The minimum Gasteiger partial charge on any atom is -0.481 e. The number of amides is 4. The predicted octanol–water partition coefficient (Wildman–Crippen LogP) is 5.95. The SMILES string of the molecule is CCC(C)[C@H](CC(=O)C1CCCCN1C)C(=O)N(C)[C@H](C[C@@H](OC(C)=O)c1nc(C(=O)N[C@@H](Cc2ccc(C)c(NC(=O)CCCNC=O)c2)CC(C)C(=O)O)cs1)C(C)C. The van der Waals surface area contributed by atoms with Crippen molar-refractivity contribution in [3.8, 4) is 0 Å². The second-order valence-electron chi connectivity index (χ2n) is 17.0. The number of hydrogen-bond donors (Lipinski definition) is 4. The third-order valence-electron chi connectivity index (χ3n) is 11.9. The van der Waals surface area contributed by atoms with Gasteiger partial charge in [0.05, 0.1) is 12.0 Å². The van der Waals surface area contributed by atoms with Gasteiger partial charge in [0.2, 0.25) is 18.2 Å². The van der Waals surface area contributed by atoms with E-state index in [1.165, 1.54) is 6.92 Å². The smallest absolute Gasteiger partial charge is 0.306 e. The summed E-state index contributed by atoms with van der Waals surface area (Å²) in [5.74, 6) is -3.74. The van der Waals surface area contributed by atoms with Crippen LogP contribution < -0.4 is 16.0 Å². The van der Waals surface area contributed by atoms with Gasteiger partial charge in [0, 0.05) is 68.8 Å². The third kappa shape index (κ3) is 15.6. The molecule has 0 spiro atoms. The number of carbonyl (C=O) groups is 7. The van der Waals surface area contributed by atoms with E-state index in [0.717, 1.165) is 54.7 Å². The topological polar surface area (TPSA) is 204 Å². The van der Waals surface area contributed by atoms with Crippen LogP contribution in [0.2, 0.25) is 0 Å². The molecule has 0 saturated carbocycles. The lowest BCUT2D eigenvalue weighted by Gasteiger charge is -2.37. The van der Waals surface area contributed by atoms with E-state index in [1.807, 2.05) is 53.8 Å². The summed E-state index contributed by atoms with van der Waals surface area (Å²) in [5, 5.41) is 20.1. The van der Waals surface area contributed by atoms with Gasteiger partial charge in [-0.3, -0.25) is 38.5 Å². The molecule has 3 unspecified atom stereocenters. The van der Waals surface area contributed by atoms with E-state index in [2.05, 4.69) is 25.8 Å². The fourth-order valence-electron chi connectivity index (χ4n) is 7.93. The number of carbonyl (C=O) groups excluding carboxylic acids is 6. The second-order valence-corrected chi connectivity index (χ2v) is 17.9. The molecule has 15 nitrogen and oxygen atoms in total. The number of carboxylic acids is 1. The van der Waals surface area contributed by atoms with Gasteiger partial charge in [0.15, 0.2) is 11.9 Å². The highest BCUT2D eigenvalue weighted by Gasteiger charge is 2.38. The maximum absolute atomic E-state index is 14.3. The lowest BCUT2D eigenvalue weighted by molar-refractivity contribution is -0.149. The maximum atomic E-state index is 14.3. The van der Waals surface area contributed by atoms with Crippen LogP contribution in [0.5, 0.6) is 0 Å². The summed E-state index contributed by atoms with van der Waals surface area (Å²) in [6, 6.07) is 4.29. The lowest BCUT2D eigenvalue weighted by atomic mass is 9.83. The molecule has 3 rings (SSSR count). The number of hydrogen-bond acceptors (Lipinski definition) is 11. The average molecular weight is 869 g/mol. The molecular formula is C45H68N6O9S. The first-order valence-electron chi connectivity index (χ1n) is 21.6. The van der Waals surface area contributed by atoms with E-state index < -0.39 is 47.9 Å². The summed E-state index contributed by atoms with van der Waals surface area (Å²) in [5.41, 5.74) is 2.24. The Kier molecular flexibility index (Phi) is 20.5. The van der Waals surface area contributed by atoms with Crippen molar-refractivity contribution in [2.75, 3.05) is 32.5 Å². The average Bonchev–Trinajstić information content (AvgIpc) is 3.71. The molecule has 0 bridgehead atoms. The summed E-state index contributed by atoms with van der Waals surface area (Å²) in [7, 11) is 3.71. The molecule has 1 aromatic heterocycles. The Morgan fingerprint density at radius 2 is 1.82 bits per heavy atom. The first kappa shape index (κ1) is 50.7. The third-order valence-corrected chi connectivity index (χ3v) is 12.8. The van der Waals surface area contributed by atoms with Crippen LogP contribution in [0.3, 0.4) is 0 Å². The highest BCUT2D eigenvalue weighted by atomic mass is 32.1.